The highest BCUT2D eigenvalue weighted by atomic mass is 16.6. The first-order chi connectivity index (χ1) is 13.7. The van der Waals surface area contributed by atoms with Crippen LogP contribution in [0.1, 0.15) is 31.8 Å². The highest BCUT2D eigenvalue weighted by molar-refractivity contribution is 6.15. The van der Waals surface area contributed by atoms with Crippen molar-refractivity contribution in [3.63, 3.8) is 0 Å². The zero-order chi connectivity index (χ0) is 19.3. The van der Waals surface area contributed by atoms with Crippen LogP contribution in [0.4, 0.5) is 5.69 Å². The first-order valence-electron chi connectivity index (χ1n) is 9.20. The number of rotatable bonds is 7. The van der Waals surface area contributed by atoms with E-state index in [9.17, 15) is 9.59 Å². The molecule has 1 heterocycles. The van der Waals surface area contributed by atoms with Gasteiger partial charge in [0.25, 0.3) is 0 Å². The predicted molar refractivity (Wildman–Crippen MR) is 107 cm³/mol. The van der Waals surface area contributed by atoms with Crippen molar-refractivity contribution in [3.05, 3.63) is 101 Å². The summed E-state index contributed by atoms with van der Waals surface area (Å²) in [4.78, 5) is 23.6. The largest absolute Gasteiger partial charge is 0.386 e. The second kappa shape index (κ2) is 8.06. The molecule has 0 amide bonds. The molecule has 0 bridgehead atoms. The van der Waals surface area contributed by atoms with Crippen LogP contribution in [0.15, 0.2) is 78.9 Å². The second-order valence-electron chi connectivity index (χ2n) is 6.62. The number of carbonyl (C=O) groups excluding carboxylic acids is 2. The van der Waals surface area contributed by atoms with Crippen molar-refractivity contribution in [1.82, 2.24) is 5.43 Å². The number of esters is 2. The van der Waals surface area contributed by atoms with Gasteiger partial charge in [-0.25, -0.2) is 15.0 Å². The van der Waals surface area contributed by atoms with Crippen molar-refractivity contribution >= 4 is 17.6 Å². The van der Waals surface area contributed by atoms with Gasteiger partial charge in [-0.1, -0.05) is 60.7 Å². The summed E-state index contributed by atoms with van der Waals surface area (Å²) in [6.45, 7) is 1.36. The summed E-state index contributed by atoms with van der Waals surface area (Å²) in [5.74, 6) is -1.18. The van der Waals surface area contributed by atoms with E-state index in [0.717, 1.165) is 24.2 Å². The van der Waals surface area contributed by atoms with E-state index in [1.807, 2.05) is 47.5 Å². The predicted octanol–water partition coefficient (Wildman–Crippen LogP) is 3.75. The van der Waals surface area contributed by atoms with E-state index in [0.29, 0.717) is 17.7 Å². The lowest BCUT2D eigenvalue weighted by molar-refractivity contribution is 0.0444. The zero-order valence-electron chi connectivity index (χ0n) is 15.3. The molecule has 3 aromatic carbocycles. The maximum absolute atomic E-state index is 11.9. The van der Waals surface area contributed by atoms with Gasteiger partial charge < -0.3 is 9.75 Å². The lowest BCUT2D eigenvalue weighted by Gasteiger charge is -2.26. The van der Waals surface area contributed by atoms with Crippen LogP contribution >= 0.6 is 0 Å². The molecule has 1 aliphatic rings. The molecule has 4 rings (SSSR count). The second-order valence-corrected chi connectivity index (χ2v) is 6.62. The number of nitrogens with one attached hydrogen (secondary N) is 1. The Morgan fingerprint density at radius 1 is 0.750 bits per heavy atom. The van der Waals surface area contributed by atoms with Crippen molar-refractivity contribution in [3.8, 4) is 0 Å². The van der Waals surface area contributed by atoms with Gasteiger partial charge in [-0.15, -0.1) is 0 Å². The standard InChI is InChI=1S/C23H20N2O3/c26-22-20-12-11-19(15-21(20)23(27)28-22)25(16-18-9-5-2-6-10-18)24-14-13-17-7-3-1-4-8-17/h1-12,15,24H,13-14,16H2. The molecule has 5 nitrogen and oxygen atoms in total. The van der Waals surface area contributed by atoms with Crippen molar-refractivity contribution in [2.24, 2.45) is 0 Å². The van der Waals surface area contributed by atoms with Crippen LogP contribution in [0.3, 0.4) is 0 Å². The molecule has 5 heteroatoms. The molecule has 0 fully saturated rings. The van der Waals surface area contributed by atoms with Crippen LogP contribution in [-0.4, -0.2) is 18.5 Å². The molecule has 0 saturated carbocycles. The molecule has 0 spiro atoms. The molecule has 140 valence electrons. The molecule has 0 aromatic heterocycles. The van der Waals surface area contributed by atoms with Gasteiger partial charge in [0.1, 0.15) is 0 Å². The monoisotopic (exact) mass is 372 g/mol. The van der Waals surface area contributed by atoms with E-state index in [4.69, 9.17) is 4.74 Å². The van der Waals surface area contributed by atoms with E-state index in [1.165, 1.54) is 5.56 Å². The molecule has 28 heavy (non-hydrogen) atoms. The molecule has 0 radical (unpaired) electrons. The maximum atomic E-state index is 11.9. The first kappa shape index (κ1) is 17.9. The number of carbonyl (C=O) groups is 2. The number of hydrogen-bond donors (Lipinski definition) is 1. The van der Waals surface area contributed by atoms with Crippen molar-refractivity contribution in [2.75, 3.05) is 11.6 Å². The summed E-state index contributed by atoms with van der Waals surface area (Å²) in [6, 6.07) is 25.5. The first-order valence-corrected chi connectivity index (χ1v) is 9.20. The summed E-state index contributed by atoms with van der Waals surface area (Å²) in [5.41, 5.74) is 7.26. The van der Waals surface area contributed by atoms with Crippen molar-refractivity contribution < 1.29 is 14.3 Å². The lowest BCUT2D eigenvalue weighted by Crippen LogP contribution is -2.39. The number of cyclic esters (lactones) is 2. The fourth-order valence-corrected chi connectivity index (χ4v) is 3.23. The molecule has 1 aliphatic heterocycles. The summed E-state index contributed by atoms with van der Waals surface area (Å²) in [5, 5.41) is 1.99. The van der Waals surface area contributed by atoms with Gasteiger partial charge in [-0.2, -0.15) is 0 Å². The summed E-state index contributed by atoms with van der Waals surface area (Å²) in [7, 11) is 0. The Balaban J connectivity index is 1.55. The van der Waals surface area contributed by atoms with Gasteiger partial charge >= 0.3 is 11.9 Å². The Hall–Kier alpha value is -3.44. The minimum atomic E-state index is -0.592. The third-order valence-electron chi connectivity index (χ3n) is 4.68. The Bertz CT molecular complexity index is 987. The average Bonchev–Trinajstić information content (AvgIpc) is 3.02. The number of ether oxygens (including phenoxy) is 1. The molecule has 1 N–H and O–H groups in total. The van der Waals surface area contributed by atoms with Crippen molar-refractivity contribution in [1.29, 1.82) is 0 Å². The van der Waals surface area contributed by atoms with E-state index in [-0.39, 0.29) is 0 Å². The summed E-state index contributed by atoms with van der Waals surface area (Å²) < 4.78 is 4.71. The Morgan fingerprint density at radius 3 is 2.11 bits per heavy atom. The Morgan fingerprint density at radius 2 is 1.39 bits per heavy atom. The zero-order valence-corrected chi connectivity index (χ0v) is 15.3. The number of hydrogen-bond acceptors (Lipinski definition) is 5. The highest BCUT2D eigenvalue weighted by Gasteiger charge is 2.30. The fourth-order valence-electron chi connectivity index (χ4n) is 3.23. The van der Waals surface area contributed by atoms with Gasteiger partial charge in [0.05, 0.1) is 23.4 Å². The van der Waals surface area contributed by atoms with E-state index in [2.05, 4.69) is 29.7 Å². The lowest BCUT2D eigenvalue weighted by atomic mass is 10.1. The minimum absolute atomic E-state index is 0.311. The van der Waals surface area contributed by atoms with Gasteiger partial charge in [0.15, 0.2) is 0 Å². The van der Waals surface area contributed by atoms with E-state index < -0.39 is 11.9 Å². The molecule has 0 unspecified atom stereocenters. The smallest absolute Gasteiger partial charge is 0.346 e. The quantitative estimate of drug-likeness (QED) is 0.389. The Labute approximate surface area is 163 Å². The highest BCUT2D eigenvalue weighted by Crippen LogP contribution is 2.26. The number of nitrogens with zero attached hydrogens (tertiary/aromatic N) is 1. The van der Waals surface area contributed by atoms with Crippen molar-refractivity contribution in [2.45, 2.75) is 13.0 Å². The minimum Gasteiger partial charge on any atom is -0.386 e. The van der Waals surface area contributed by atoms with Gasteiger partial charge in [0.2, 0.25) is 0 Å². The molecule has 0 aliphatic carbocycles. The maximum Gasteiger partial charge on any atom is 0.346 e. The number of hydrazine groups is 1. The average molecular weight is 372 g/mol. The molecule has 0 atom stereocenters. The molecule has 3 aromatic rings. The number of anilines is 1. The van der Waals surface area contributed by atoms with Crippen LogP contribution < -0.4 is 10.4 Å². The molecule has 0 saturated heterocycles. The Kier molecular flexibility index (Phi) is 5.17. The van der Waals surface area contributed by atoms with Crippen LogP contribution in [0.2, 0.25) is 0 Å². The van der Waals surface area contributed by atoms with E-state index >= 15 is 0 Å². The third-order valence-corrected chi connectivity index (χ3v) is 4.68. The SMILES string of the molecule is O=C1OC(=O)c2cc(N(Cc3ccccc3)NCCc3ccccc3)ccc21. The number of fused-ring (bicyclic) bond motifs is 1. The normalized spacial score (nSPS) is 12.6. The van der Waals surface area contributed by atoms with Gasteiger partial charge in [-0.05, 0) is 35.7 Å². The summed E-state index contributed by atoms with van der Waals surface area (Å²) in [6.07, 6.45) is 0.873. The van der Waals surface area contributed by atoms with Crippen LogP contribution in [0.5, 0.6) is 0 Å². The fraction of sp³-hybridized carbons (Fsp3) is 0.130. The van der Waals surface area contributed by atoms with Gasteiger partial charge in [0, 0.05) is 6.54 Å². The van der Waals surface area contributed by atoms with Crippen LogP contribution in [-0.2, 0) is 17.7 Å². The molecular formula is C23H20N2O3. The molecular weight excluding hydrogens is 352 g/mol. The van der Waals surface area contributed by atoms with Crippen LogP contribution in [0.25, 0.3) is 0 Å². The van der Waals surface area contributed by atoms with Crippen LogP contribution in [0, 0.1) is 0 Å². The summed E-state index contributed by atoms with van der Waals surface area (Å²) >= 11 is 0. The van der Waals surface area contributed by atoms with E-state index in [1.54, 1.807) is 12.1 Å². The third kappa shape index (κ3) is 3.94. The topological polar surface area (TPSA) is 58.6 Å². The number of benzene rings is 3. The van der Waals surface area contributed by atoms with Gasteiger partial charge in [-0.3, -0.25) is 0 Å².